The number of amides is 2. The van der Waals surface area contributed by atoms with Gasteiger partial charge < -0.3 is 5.32 Å². The largest absolute Gasteiger partial charge is 0.328 e. The fourth-order valence-corrected chi connectivity index (χ4v) is 7.15. The van der Waals surface area contributed by atoms with E-state index in [1.54, 1.807) is 26.0 Å². The summed E-state index contributed by atoms with van der Waals surface area (Å²) in [6, 6.07) is 15.3. The summed E-state index contributed by atoms with van der Waals surface area (Å²) in [5, 5.41) is 6.24. The minimum atomic E-state index is -3.36. The zero-order chi connectivity index (χ0) is 26.2. The SMILES string of the molecule is CC(C)S(=O)(=O)c1ccc(-c2ccccc2N2C(=O)NC(=NC3CCCCC3)[C@@]23CCN[C@H](C)C3)cc1. The van der Waals surface area contributed by atoms with Gasteiger partial charge in [0.2, 0.25) is 0 Å². The number of anilines is 1. The molecule has 3 aliphatic rings. The average Bonchev–Trinajstić information content (AvgIpc) is 3.13. The van der Waals surface area contributed by atoms with Crippen molar-refractivity contribution in [1.29, 1.82) is 0 Å². The average molecular weight is 523 g/mol. The molecule has 2 aromatic rings. The van der Waals surface area contributed by atoms with Crippen LogP contribution < -0.4 is 15.5 Å². The third-order valence-corrected chi connectivity index (χ3v) is 10.3. The summed E-state index contributed by atoms with van der Waals surface area (Å²) in [7, 11) is -3.36. The molecule has 1 spiro atoms. The Labute approximate surface area is 220 Å². The van der Waals surface area contributed by atoms with Crippen molar-refractivity contribution in [2.45, 2.75) is 93.5 Å². The van der Waals surface area contributed by atoms with E-state index < -0.39 is 20.6 Å². The molecule has 7 nitrogen and oxygen atoms in total. The standard InChI is InChI=1S/C29H38N4O3S/c1-20(2)37(35,36)24-15-13-22(14-16-24)25-11-7-8-12-26(25)33-28(34)32-27(31-23-9-5-4-6-10-23)29(33)17-18-30-21(3)19-29/h7-8,11-16,20-21,23,30H,4-6,9-10,17-19H2,1-3H3,(H,31,32,34)/t21-,29+/m1/s1. The molecule has 2 aromatic carbocycles. The lowest BCUT2D eigenvalue weighted by Crippen LogP contribution is -2.58. The minimum Gasteiger partial charge on any atom is -0.314 e. The van der Waals surface area contributed by atoms with Gasteiger partial charge in [0.25, 0.3) is 0 Å². The number of piperidine rings is 1. The van der Waals surface area contributed by atoms with Crippen LogP contribution in [0.1, 0.15) is 65.7 Å². The Morgan fingerprint density at radius 2 is 1.73 bits per heavy atom. The molecule has 2 heterocycles. The minimum absolute atomic E-state index is 0.143. The fraction of sp³-hybridized carbons (Fsp3) is 0.517. The number of rotatable bonds is 5. The van der Waals surface area contributed by atoms with E-state index in [0.717, 1.165) is 54.9 Å². The molecule has 2 saturated heterocycles. The first-order chi connectivity index (χ1) is 17.7. The lowest BCUT2D eigenvalue weighted by atomic mass is 9.82. The van der Waals surface area contributed by atoms with Crippen LogP contribution >= 0.6 is 0 Å². The first-order valence-corrected chi connectivity index (χ1v) is 15.1. The molecule has 0 bridgehead atoms. The van der Waals surface area contributed by atoms with Crippen molar-refractivity contribution in [2.75, 3.05) is 11.4 Å². The van der Waals surface area contributed by atoms with Crippen molar-refractivity contribution < 1.29 is 13.2 Å². The van der Waals surface area contributed by atoms with Crippen LogP contribution in [0.15, 0.2) is 58.4 Å². The summed E-state index contributed by atoms with van der Waals surface area (Å²) in [5.74, 6) is 0.811. The van der Waals surface area contributed by atoms with Gasteiger partial charge in [-0.3, -0.25) is 15.2 Å². The molecule has 0 radical (unpaired) electrons. The van der Waals surface area contributed by atoms with Gasteiger partial charge in [0.1, 0.15) is 11.4 Å². The number of urea groups is 1. The topological polar surface area (TPSA) is 90.9 Å². The van der Waals surface area contributed by atoms with E-state index in [2.05, 4.69) is 17.6 Å². The van der Waals surface area contributed by atoms with Gasteiger partial charge in [0.15, 0.2) is 9.84 Å². The third kappa shape index (κ3) is 4.81. The van der Waals surface area contributed by atoms with E-state index in [4.69, 9.17) is 4.99 Å². The molecule has 0 unspecified atom stereocenters. The first kappa shape index (κ1) is 25.9. The number of aliphatic imine (C=N–C) groups is 1. The molecule has 2 N–H and O–H groups in total. The number of carbonyl (C=O) groups is 1. The zero-order valence-electron chi connectivity index (χ0n) is 22.0. The van der Waals surface area contributed by atoms with Gasteiger partial charge in [-0.1, -0.05) is 49.6 Å². The number of amidine groups is 1. The second-order valence-electron chi connectivity index (χ2n) is 11.0. The number of hydrogen-bond donors (Lipinski definition) is 2. The summed E-state index contributed by atoms with van der Waals surface area (Å²) < 4.78 is 25.3. The zero-order valence-corrected chi connectivity index (χ0v) is 22.9. The second-order valence-corrected chi connectivity index (χ2v) is 13.5. The molecular weight excluding hydrogens is 484 g/mol. The number of benzene rings is 2. The van der Waals surface area contributed by atoms with Gasteiger partial charge in [-0.15, -0.1) is 0 Å². The van der Waals surface area contributed by atoms with Gasteiger partial charge in [0, 0.05) is 11.6 Å². The monoisotopic (exact) mass is 522 g/mol. The summed E-state index contributed by atoms with van der Waals surface area (Å²) in [5.41, 5.74) is 2.06. The maximum absolute atomic E-state index is 13.7. The highest BCUT2D eigenvalue weighted by molar-refractivity contribution is 7.92. The van der Waals surface area contributed by atoms with Gasteiger partial charge in [-0.25, -0.2) is 13.2 Å². The quantitative estimate of drug-likeness (QED) is 0.557. The molecule has 2 atom stereocenters. The molecule has 0 aromatic heterocycles. The molecule has 1 saturated carbocycles. The number of nitrogens with zero attached hydrogens (tertiary/aromatic N) is 2. The molecule has 5 rings (SSSR count). The van der Waals surface area contributed by atoms with Crippen molar-refractivity contribution >= 4 is 27.4 Å². The molecule has 2 aliphatic heterocycles. The van der Waals surface area contributed by atoms with Crippen LogP contribution in [0, 0.1) is 0 Å². The Balaban J connectivity index is 1.57. The van der Waals surface area contributed by atoms with Crippen molar-refractivity contribution in [3.8, 4) is 11.1 Å². The molecule has 2 amide bonds. The Morgan fingerprint density at radius 3 is 2.41 bits per heavy atom. The maximum atomic E-state index is 13.7. The van der Waals surface area contributed by atoms with E-state index in [1.165, 1.54) is 19.3 Å². The summed E-state index contributed by atoms with van der Waals surface area (Å²) in [6.07, 6.45) is 7.34. The van der Waals surface area contributed by atoms with Crippen molar-refractivity contribution in [1.82, 2.24) is 10.6 Å². The molecule has 37 heavy (non-hydrogen) atoms. The normalized spacial score (nSPS) is 26.3. The predicted molar refractivity (Wildman–Crippen MR) is 149 cm³/mol. The number of hydrogen-bond acceptors (Lipinski definition) is 5. The Kier molecular flexibility index (Phi) is 7.16. The van der Waals surface area contributed by atoms with Crippen LogP contribution in [0.25, 0.3) is 11.1 Å². The molecule has 198 valence electrons. The fourth-order valence-electron chi connectivity index (χ4n) is 6.09. The number of carbonyl (C=O) groups excluding carboxylic acids is 1. The summed E-state index contributed by atoms with van der Waals surface area (Å²) in [6.45, 7) is 6.35. The third-order valence-electron chi connectivity index (χ3n) is 8.12. The number of nitrogens with one attached hydrogen (secondary N) is 2. The van der Waals surface area contributed by atoms with Gasteiger partial charge in [0.05, 0.1) is 21.9 Å². The van der Waals surface area contributed by atoms with Gasteiger partial charge in [-0.05, 0) is 76.8 Å². The highest BCUT2D eigenvalue weighted by atomic mass is 32.2. The molecule has 3 fully saturated rings. The lowest BCUT2D eigenvalue weighted by molar-refractivity contribution is 0.246. The van der Waals surface area contributed by atoms with Gasteiger partial charge >= 0.3 is 6.03 Å². The Morgan fingerprint density at radius 1 is 1.03 bits per heavy atom. The molecule has 1 aliphatic carbocycles. The number of sulfone groups is 1. The highest BCUT2D eigenvalue weighted by Gasteiger charge is 2.54. The van der Waals surface area contributed by atoms with E-state index >= 15 is 0 Å². The van der Waals surface area contributed by atoms with Crippen molar-refractivity contribution in [2.24, 2.45) is 4.99 Å². The van der Waals surface area contributed by atoms with Crippen LogP contribution in [0.3, 0.4) is 0 Å². The molecule has 8 heteroatoms. The van der Waals surface area contributed by atoms with Crippen LogP contribution in [-0.4, -0.2) is 49.7 Å². The molecular formula is C29H38N4O3S. The van der Waals surface area contributed by atoms with E-state index in [1.807, 2.05) is 41.3 Å². The smallest absolute Gasteiger partial charge is 0.314 e. The Bertz CT molecular complexity index is 1280. The summed E-state index contributed by atoms with van der Waals surface area (Å²) >= 11 is 0. The van der Waals surface area contributed by atoms with E-state index in [-0.39, 0.29) is 18.1 Å². The van der Waals surface area contributed by atoms with Gasteiger partial charge in [-0.2, -0.15) is 0 Å². The van der Waals surface area contributed by atoms with Crippen LogP contribution in [0.4, 0.5) is 10.5 Å². The lowest BCUT2D eigenvalue weighted by Gasteiger charge is -2.43. The van der Waals surface area contributed by atoms with E-state index in [9.17, 15) is 13.2 Å². The second kappa shape index (κ2) is 10.2. The van der Waals surface area contributed by atoms with Crippen LogP contribution in [0.5, 0.6) is 0 Å². The summed E-state index contributed by atoms with van der Waals surface area (Å²) in [4.78, 5) is 21.1. The highest BCUT2D eigenvalue weighted by Crippen LogP contribution is 2.42. The first-order valence-electron chi connectivity index (χ1n) is 13.6. The Hall–Kier alpha value is -2.71. The van der Waals surface area contributed by atoms with Crippen LogP contribution in [-0.2, 0) is 9.84 Å². The van der Waals surface area contributed by atoms with Crippen LogP contribution in [0.2, 0.25) is 0 Å². The van der Waals surface area contributed by atoms with E-state index in [0.29, 0.717) is 4.90 Å². The van der Waals surface area contributed by atoms with Crippen molar-refractivity contribution in [3.63, 3.8) is 0 Å². The maximum Gasteiger partial charge on any atom is 0.328 e. The number of para-hydroxylation sites is 1. The predicted octanol–water partition coefficient (Wildman–Crippen LogP) is 5.31. The van der Waals surface area contributed by atoms with Crippen molar-refractivity contribution in [3.05, 3.63) is 48.5 Å².